The monoisotopic (exact) mass is 275 g/mol. The molecule has 1 aromatic rings. The quantitative estimate of drug-likeness (QED) is 0.897. The number of benzene rings is 1. The van der Waals surface area contributed by atoms with Crippen molar-refractivity contribution in [1.29, 1.82) is 0 Å². The lowest BCUT2D eigenvalue weighted by Gasteiger charge is -2.20. The Labute approximate surface area is 109 Å². The first-order chi connectivity index (χ1) is 8.90. The van der Waals surface area contributed by atoms with Gasteiger partial charge in [0.05, 0.1) is 5.56 Å². The highest BCUT2D eigenvalue weighted by Crippen LogP contribution is 2.29. The molecule has 0 saturated heterocycles. The predicted molar refractivity (Wildman–Crippen MR) is 64.7 cm³/mol. The lowest BCUT2D eigenvalue weighted by molar-refractivity contribution is -0.137. The summed E-state index contributed by atoms with van der Waals surface area (Å²) in [6.07, 6.45) is -3.96. The van der Waals surface area contributed by atoms with Crippen LogP contribution in [0, 0.1) is 0 Å². The van der Waals surface area contributed by atoms with E-state index in [0.717, 1.165) is 12.1 Å². The molecule has 1 aromatic carbocycles. The SMILES string of the molecule is CCN(CCCO)C(=O)c1ccc(C(F)(F)F)cc1. The zero-order valence-electron chi connectivity index (χ0n) is 10.6. The van der Waals surface area contributed by atoms with Gasteiger partial charge in [0.1, 0.15) is 0 Å². The molecule has 1 rings (SSSR count). The zero-order valence-corrected chi connectivity index (χ0v) is 10.6. The highest BCUT2D eigenvalue weighted by Gasteiger charge is 2.30. The average Bonchev–Trinajstić information content (AvgIpc) is 2.38. The van der Waals surface area contributed by atoms with E-state index < -0.39 is 11.7 Å². The van der Waals surface area contributed by atoms with E-state index in [1.54, 1.807) is 6.92 Å². The molecule has 19 heavy (non-hydrogen) atoms. The van der Waals surface area contributed by atoms with Crippen LogP contribution in [0.25, 0.3) is 0 Å². The minimum atomic E-state index is -4.40. The molecule has 6 heteroatoms. The lowest BCUT2D eigenvalue weighted by atomic mass is 10.1. The van der Waals surface area contributed by atoms with E-state index in [2.05, 4.69) is 0 Å². The number of carbonyl (C=O) groups excluding carboxylic acids is 1. The van der Waals surface area contributed by atoms with Gasteiger partial charge in [0.25, 0.3) is 5.91 Å². The molecule has 0 aromatic heterocycles. The molecule has 0 spiro atoms. The van der Waals surface area contributed by atoms with Crippen LogP contribution in [0.3, 0.4) is 0 Å². The van der Waals surface area contributed by atoms with Crippen molar-refractivity contribution in [2.45, 2.75) is 19.5 Å². The Hall–Kier alpha value is -1.56. The number of rotatable bonds is 5. The Bertz CT molecular complexity index is 415. The summed E-state index contributed by atoms with van der Waals surface area (Å²) >= 11 is 0. The third kappa shape index (κ3) is 4.24. The van der Waals surface area contributed by atoms with Gasteiger partial charge < -0.3 is 10.0 Å². The van der Waals surface area contributed by atoms with E-state index in [1.807, 2.05) is 0 Å². The van der Waals surface area contributed by atoms with Crippen molar-refractivity contribution >= 4 is 5.91 Å². The maximum Gasteiger partial charge on any atom is 0.416 e. The fourth-order valence-electron chi connectivity index (χ4n) is 1.65. The third-order valence-electron chi connectivity index (χ3n) is 2.71. The standard InChI is InChI=1S/C13H16F3NO2/c1-2-17(8-3-9-18)12(19)10-4-6-11(7-5-10)13(14,15)16/h4-7,18H,2-3,8-9H2,1H3. The summed E-state index contributed by atoms with van der Waals surface area (Å²) in [4.78, 5) is 13.5. The second-order valence-electron chi connectivity index (χ2n) is 4.04. The van der Waals surface area contributed by atoms with Gasteiger partial charge in [-0.25, -0.2) is 0 Å². The van der Waals surface area contributed by atoms with E-state index in [-0.39, 0.29) is 18.1 Å². The highest BCUT2D eigenvalue weighted by molar-refractivity contribution is 5.94. The number of aliphatic hydroxyl groups excluding tert-OH is 1. The molecule has 0 radical (unpaired) electrons. The molecule has 0 aliphatic heterocycles. The van der Waals surface area contributed by atoms with Crippen LogP contribution in [-0.2, 0) is 6.18 Å². The lowest BCUT2D eigenvalue weighted by Crippen LogP contribution is -2.32. The maximum absolute atomic E-state index is 12.4. The fourth-order valence-corrected chi connectivity index (χ4v) is 1.65. The number of hydrogen-bond donors (Lipinski definition) is 1. The minimum absolute atomic E-state index is 0.0310. The topological polar surface area (TPSA) is 40.5 Å². The van der Waals surface area contributed by atoms with Crippen LogP contribution in [0.2, 0.25) is 0 Å². The number of alkyl halides is 3. The Morgan fingerprint density at radius 3 is 2.26 bits per heavy atom. The summed E-state index contributed by atoms with van der Waals surface area (Å²) < 4.78 is 37.2. The largest absolute Gasteiger partial charge is 0.416 e. The molecule has 0 heterocycles. The molecule has 1 N–H and O–H groups in total. The van der Waals surface area contributed by atoms with Crippen LogP contribution >= 0.6 is 0 Å². The average molecular weight is 275 g/mol. The summed E-state index contributed by atoms with van der Waals surface area (Å²) in [5.41, 5.74) is -0.560. The van der Waals surface area contributed by atoms with Crippen LogP contribution in [0.4, 0.5) is 13.2 Å². The van der Waals surface area contributed by atoms with Crippen molar-refractivity contribution in [3.8, 4) is 0 Å². The molecular weight excluding hydrogens is 259 g/mol. The van der Waals surface area contributed by atoms with E-state index in [9.17, 15) is 18.0 Å². The molecule has 0 fully saturated rings. The van der Waals surface area contributed by atoms with Gasteiger partial charge in [-0.05, 0) is 37.6 Å². The molecule has 0 bridgehead atoms. The highest BCUT2D eigenvalue weighted by atomic mass is 19.4. The first kappa shape index (κ1) is 15.5. The van der Waals surface area contributed by atoms with Gasteiger partial charge in [0.2, 0.25) is 0 Å². The van der Waals surface area contributed by atoms with Crippen molar-refractivity contribution in [3.63, 3.8) is 0 Å². The van der Waals surface area contributed by atoms with Crippen molar-refractivity contribution < 1.29 is 23.1 Å². The van der Waals surface area contributed by atoms with E-state index in [1.165, 1.54) is 17.0 Å². The fraction of sp³-hybridized carbons (Fsp3) is 0.462. The summed E-state index contributed by atoms with van der Waals surface area (Å²) in [7, 11) is 0. The van der Waals surface area contributed by atoms with Gasteiger partial charge in [0, 0.05) is 25.3 Å². The molecule has 0 aliphatic rings. The Balaban J connectivity index is 2.82. The Morgan fingerprint density at radius 2 is 1.84 bits per heavy atom. The summed E-state index contributed by atoms with van der Waals surface area (Å²) in [5, 5.41) is 8.73. The Kier molecular flexibility index (Phi) is 5.35. The van der Waals surface area contributed by atoms with E-state index >= 15 is 0 Å². The Morgan fingerprint density at radius 1 is 1.26 bits per heavy atom. The van der Waals surface area contributed by atoms with E-state index in [4.69, 9.17) is 5.11 Å². The first-order valence-electron chi connectivity index (χ1n) is 5.97. The smallest absolute Gasteiger partial charge is 0.396 e. The van der Waals surface area contributed by atoms with Crippen LogP contribution in [-0.4, -0.2) is 35.6 Å². The molecule has 0 saturated carbocycles. The molecular formula is C13H16F3NO2. The van der Waals surface area contributed by atoms with Crippen molar-refractivity contribution in [1.82, 2.24) is 4.90 Å². The predicted octanol–water partition coefficient (Wildman–Crippen LogP) is 2.55. The number of aliphatic hydroxyl groups is 1. The van der Waals surface area contributed by atoms with Gasteiger partial charge in [-0.15, -0.1) is 0 Å². The first-order valence-corrected chi connectivity index (χ1v) is 5.97. The molecule has 3 nitrogen and oxygen atoms in total. The molecule has 0 unspecified atom stereocenters. The number of nitrogens with zero attached hydrogens (tertiary/aromatic N) is 1. The normalized spacial score (nSPS) is 11.4. The number of carbonyl (C=O) groups is 1. The third-order valence-corrected chi connectivity index (χ3v) is 2.71. The minimum Gasteiger partial charge on any atom is -0.396 e. The van der Waals surface area contributed by atoms with Crippen molar-refractivity contribution in [3.05, 3.63) is 35.4 Å². The van der Waals surface area contributed by atoms with Crippen LogP contribution < -0.4 is 0 Å². The van der Waals surface area contributed by atoms with Gasteiger partial charge in [0.15, 0.2) is 0 Å². The second kappa shape index (κ2) is 6.56. The van der Waals surface area contributed by atoms with Crippen LogP contribution in [0.1, 0.15) is 29.3 Å². The number of amides is 1. The summed E-state index contributed by atoms with van der Waals surface area (Å²) in [6.45, 7) is 2.57. The summed E-state index contributed by atoms with van der Waals surface area (Å²) in [6, 6.07) is 4.14. The van der Waals surface area contributed by atoms with Gasteiger partial charge in [-0.2, -0.15) is 13.2 Å². The second-order valence-corrected chi connectivity index (χ2v) is 4.04. The van der Waals surface area contributed by atoms with Gasteiger partial charge in [-0.1, -0.05) is 0 Å². The van der Waals surface area contributed by atoms with Crippen LogP contribution in [0.15, 0.2) is 24.3 Å². The molecule has 106 valence electrons. The van der Waals surface area contributed by atoms with Gasteiger partial charge in [-0.3, -0.25) is 4.79 Å². The van der Waals surface area contributed by atoms with Crippen molar-refractivity contribution in [2.24, 2.45) is 0 Å². The molecule has 0 atom stereocenters. The molecule has 0 aliphatic carbocycles. The van der Waals surface area contributed by atoms with E-state index in [0.29, 0.717) is 19.5 Å². The maximum atomic E-state index is 12.4. The zero-order chi connectivity index (χ0) is 14.5. The van der Waals surface area contributed by atoms with Crippen molar-refractivity contribution in [2.75, 3.05) is 19.7 Å². The number of halogens is 3. The molecule has 1 amide bonds. The van der Waals surface area contributed by atoms with Gasteiger partial charge >= 0.3 is 6.18 Å². The number of hydrogen-bond acceptors (Lipinski definition) is 2. The summed E-state index contributed by atoms with van der Waals surface area (Å²) in [5.74, 6) is -0.329. The van der Waals surface area contributed by atoms with Crippen LogP contribution in [0.5, 0.6) is 0 Å².